The summed E-state index contributed by atoms with van der Waals surface area (Å²) in [5, 5.41) is 25.0. The minimum absolute atomic E-state index is 0.100. The molecule has 96 valence electrons. The number of nitrogens with one attached hydrogen (secondary N) is 1. The summed E-state index contributed by atoms with van der Waals surface area (Å²) in [5.41, 5.74) is 0. The van der Waals surface area contributed by atoms with E-state index in [1.807, 2.05) is 16.9 Å². The van der Waals surface area contributed by atoms with E-state index in [2.05, 4.69) is 36.4 Å². The van der Waals surface area contributed by atoms with Gasteiger partial charge in [-0.1, -0.05) is 0 Å². The molecule has 5 nitrogen and oxygen atoms in total. The summed E-state index contributed by atoms with van der Waals surface area (Å²) < 4.78 is 1.90. The molecular formula is C13H19N5. The summed E-state index contributed by atoms with van der Waals surface area (Å²) >= 11 is 0. The van der Waals surface area contributed by atoms with Crippen LogP contribution in [0.1, 0.15) is 32.7 Å². The molecule has 5 heteroatoms. The molecule has 3 unspecified atom stereocenters. The minimum atomic E-state index is -0.100. The molecule has 0 fully saturated rings. The molecule has 1 N–H and O–H groups in total. The van der Waals surface area contributed by atoms with E-state index >= 15 is 0 Å². The topological polar surface area (TPSA) is 77.4 Å². The molecule has 0 aromatic carbocycles. The molecule has 0 aliphatic rings. The van der Waals surface area contributed by atoms with Gasteiger partial charge in [-0.15, -0.1) is 0 Å². The van der Waals surface area contributed by atoms with Crippen LogP contribution in [-0.2, 0) is 0 Å². The maximum Gasteiger partial charge on any atom is 0.0669 e. The Hall–Kier alpha value is -1.85. The first-order valence-corrected chi connectivity index (χ1v) is 6.18. The highest BCUT2D eigenvalue weighted by molar-refractivity contribution is 4.89. The van der Waals surface area contributed by atoms with Crippen LogP contribution >= 0.6 is 0 Å². The molecule has 0 aliphatic carbocycles. The molecule has 18 heavy (non-hydrogen) atoms. The van der Waals surface area contributed by atoms with Gasteiger partial charge in [-0.25, -0.2) is 0 Å². The fourth-order valence-corrected chi connectivity index (χ4v) is 1.70. The third kappa shape index (κ3) is 4.20. The minimum Gasteiger partial charge on any atom is -0.311 e. The third-order valence-electron chi connectivity index (χ3n) is 3.14. The van der Waals surface area contributed by atoms with Gasteiger partial charge in [0.15, 0.2) is 0 Å². The van der Waals surface area contributed by atoms with Crippen LogP contribution in [0.3, 0.4) is 0 Å². The maximum atomic E-state index is 8.97. The van der Waals surface area contributed by atoms with E-state index in [-0.39, 0.29) is 18.0 Å². The van der Waals surface area contributed by atoms with Crippen molar-refractivity contribution in [3.8, 4) is 12.1 Å². The van der Waals surface area contributed by atoms with E-state index in [4.69, 9.17) is 10.5 Å². The Morgan fingerprint density at radius 3 is 2.72 bits per heavy atom. The van der Waals surface area contributed by atoms with E-state index in [0.29, 0.717) is 19.4 Å². The quantitative estimate of drug-likeness (QED) is 0.795. The lowest BCUT2D eigenvalue weighted by molar-refractivity contribution is 0.352. The number of nitrogens with zero attached hydrogens (tertiary/aromatic N) is 4. The molecule has 1 aromatic rings. The van der Waals surface area contributed by atoms with E-state index in [1.54, 1.807) is 6.20 Å². The Morgan fingerprint density at radius 1 is 1.39 bits per heavy atom. The summed E-state index contributed by atoms with van der Waals surface area (Å²) in [5.74, 6) is -0.100. The molecule has 1 aromatic heterocycles. The number of nitriles is 2. The number of rotatable bonds is 7. The normalized spacial score (nSPS) is 15.3. The molecule has 1 heterocycles. The van der Waals surface area contributed by atoms with Gasteiger partial charge in [0, 0.05) is 31.4 Å². The van der Waals surface area contributed by atoms with Crippen molar-refractivity contribution in [2.75, 3.05) is 6.54 Å². The van der Waals surface area contributed by atoms with Gasteiger partial charge in [0.25, 0.3) is 0 Å². The van der Waals surface area contributed by atoms with Crippen LogP contribution in [0.25, 0.3) is 0 Å². The predicted molar refractivity (Wildman–Crippen MR) is 68.4 cm³/mol. The Balaban J connectivity index is 2.38. The predicted octanol–water partition coefficient (Wildman–Crippen LogP) is 1.87. The zero-order chi connectivity index (χ0) is 13.4. The van der Waals surface area contributed by atoms with Crippen LogP contribution in [0.5, 0.6) is 0 Å². The fourth-order valence-electron chi connectivity index (χ4n) is 1.70. The maximum absolute atomic E-state index is 8.97. The highest BCUT2D eigenvalue weighted by atomic mass is 15.3. The smallest absolute Gasteiger partial charge is 0.0669 e. The van der Waals surface area contributed by atoms with Crippen molar-refractivity contribution in [1.29, 1.82) is 10.5 Å². The average molecular weight is 245 g/mol. The first kappa shape index (κ1) is 14.2. The molecular weight excluding hydrogens is 226 g/mol. The van der Waals surface area contributed by atoms with Gasteiger partial charge in [0.05, 0.1) is 24.1 Å². The van der Waals surface area contributed by atoms with Gasteiger partial charge in [0.1, 0.15) is 0 Å². The van der Waals surface area contributed by atoms with Crippen molar-refractivity contribution in [1.82, 2.24) is 15.1 Å². The van der Waals surface area contributed by atoms with Gasteiger partial charge < -0.3 is 5.32 Å². The summed E-state index contributed by atoms with van der Waals surface area (Å²) in [4.78, 5) is 0. The first-order chi connectivity index (χ1) is 8.69. The van der Waals surface area contributed by atoms with E-state index in [9.17, 15) is 0 Å². The molecule has 0 bridgehead atoms. The monoisotopic (exact) mass is 245 g/mol. The summed E-state index contributed by atoms with van der Waals surface area (Å²) in [7, 11) is 0. The lowest BCUT2D eigenvalue weighted by Gasteiger charge is -2.22. The lowest BCUT2D eigenvalue weighted by Crippen LogP contribution is -2.36. The van der Waals surface area contributed by atoms with Crippen LogP contribution in [0.2, 0.25) is 0 Å². The zero-order valence-electron chi connectivity index (χ0n) is 10.9. The van der Waals surface area contributed by atoms with Crippen LogP contribution in [-0.4, -0.2) is 22.4 Å². The van der Waals surface area contributed by atoms with E-state index < -0.39 is 0 Å². The van der Waals surface area contributed by atoms with Crippen molar-refractivity contribution in [2.45, 2.75) is 38.8 Å². The molecule has 0 saturated carbocycles. The van der Waals surface area contributed by atoms with Crippen LogP contribution in [0, 0.1) is 28.6 Å². The van der Waals surface area contributed by atoms with Crippen molar-refractivity contribution in [3.05, 3.63) is 18.5 Å². The van der Waals surface area contributed by atoms with Gasteiger partial charge in [-0.05, 0) is 26.3 Å². The van der Waals surface area contributed by atoms with Gasteiger partial charge >= 0.3 is 0 Å². The standard InChI is InChI=1S/C13H19N5/c1-11(12(2)18-8-4-7-17-18)16-10-13(9-15)5-3-6-14/h4,7-8,11-13,16H,3,5,10H2,1-2H3. The number of hydrogen-bond donors (Lipinski definition) is 1. The highest BCUT2D eigenvalue weighted by Crippen LogP contribution is 2.10. The second-order valence-corrected chi connectivity index (χ2v) is 4.45. The molecule has 0 radical (unpaired) electrons. The summed E-state index contributed by atoms with van der Waals surface area (Å²) in [6, 6.07) is 6.66. The second-order valence-electron chi connectivity index (χ2n) is 4.45. The van der Waals surface area contributed by atoms with Crippen LogP contribution in [0.15, 0.2) is 18.5 Å². The Bertz CT molecular complexity index is 412. The molecule has 0 saturated heterocycles. The van der Waals surface area contributed by atoms with Crippen molar-refractivity contribution in [2.24, 2.45) is 5.92 Å². The molecule has 0 spiro atoms. The fraction of sp³-hybridized carbons (Fsp3) is 0.615. The molecule has 0 amide bonds. The second kappa shape index (κ2) is 7.47. The van der Waals surface area contributed by atoms with Crippen molar-refractivity contribution < 1.29 is 0 Å². The van der Waals surface area contributed by atoms with Crippen molar-refractivity contribution >= 4 is 0 Å². The number of hydrogen-bond acceptors (Lipinski definition) is 4. The van der Waals surface area contributed by atoms with Gasteiger partial charge in [0.2, 0.25) is 0 Å². The first-order valence-electron chi connectivity index (χ1n) is 6.18. The average Bonchev–Trinajstić information content (AvgIpc) is 2.91. The molecule has 3 atom stereocenters. The Morgan fingerprint density at radius 2 is 2.17 bits per heavy atom. The third-order valence-corrected chi connectivity index (χ3v) is 3.14. The largest absolute Gasteiger partial charge is 0.311 e. The summed E-state index contributed by atoms with van der Waals surface area (Å²) in [6.07, 6.45) is 4.75. The highest BCUT2D eigenvalue weighted by Gasteiger charge is 2.15. The Kier molecular flexibility index (Phi) is 5.90. The number of aromatic nitrogens is 2. The van der Waals surface area contributed by atoms with Crippen molar-refractivity contribution in [3.63, 3.8) is 0 Å². The summed E-state index contributed by atoms with van der Waals surface area (Å²) in [6.45, 7) is 4.78. The van der Waals surface area contributed by atoms with Gasteiger partial charge in [-0.3, -0.25) is 4.68 Å². The molecule has 0 aliphatic heterocycles. The van der Waals surface area contributed by atoms with Crippen LogP contribution < -0.4 is 5.32 Å². The SMILES string of the molecule is CC(NCC(C#N)CCC#N)C(C)n1cccn1. The van der Waals surface area contributed by atoms with E-state index in [0.717, 1.165) is 0 Å². The Labute approximate surface area is 108 Å². The van der Waals surface area contributed by atoms with E-state index in [1.165, 1.54) is 0 Å². The van der Waals surface area contributed by atoms with Crippen LogP contribution in [0.4, 0.5) is 0 Å². The molecule has 1 rings (SSSR count). The lowest BCUT2D eigenvalue weighted by atomic mass is 10.0. The zero-order valence-corrected chi connectivity index (χ0v) is 10.9. The van der Waals surface area contributed by atoms with Gasteiger partial charge in [-0.2, -0.15) is 15.6 Å².